The fourth-order valence-corrected chi connectivity index (χ4v) is 3.30. The van der Waals surface area contributed by atoms with Crippen LogP contribution < -0.4 is 0 Å². The predicted molar refractivity (Wildman–Crippen MR) is 95.2 cm³/mol. The first-order chi connectivity index (χ1) is 11.0. The molecule has 0 unspecified atom stereocenters. The Balaban J connectivity index is 2.07. The molecule has 1 fully saturated rings. The predicted octanol–water partition coefficient (Wildman–Crippen LogP) is 3.21. The van der Waals surface area contributed by atoms with E-state index in [0.29, 0.717) is 11.7 Å². The minimum absolute atomic E-state index is 0.0735. The number of carbonyl (C=O) groups is 1. The first-order valence-corrected chi connectivity index (χ1v) is 8.80. The third-order valence-electron chi connectivity index (χ3n) is 4.65. The van der Waals surface area contributed by atoms with E-state index in [1.807, 2.05) is 39.6 Å². The number of hydrogen-bond acceptors (Lipinski definition) is 4. The molecule has 2 atom stereocenters. The van der Waals surface area contributed by atoms with Gasteiger partial charge in [0.05, 0.1) is 5.69 Å². The summed E-state index contributed by atoms with van der Waals surface area (Å²) in [7, 11) is 1.85. The van der Waals surface area contributed by atoms with Crippen molar-refractivity contribution in [2.24, 2.45) is 7.05 Å². The number of halogens is 1. The Kier molecular flexibility index (Phi) is 5.50. The van der Waals surface area contributed by atoms with Gasteiger partial charge in [0.15, 0.2) is 0 Å². The summed E-state index contributed by atoms with van der Waals surface area (Å²) >= 11 is 6.36. The molecule has 0 radical (unpaired) electrons. The van der Waals surface area contributed by atoms with E-state index in [9.17, 15) is 4.79 Å². The second kappa shape index (κ2) is 6.92. The van der Waals surface area contributed by atoms with Gasteiger partial charge < -0.3 is 9.64 Å². The van der Waals surface area contributed by atoms with Gasteiger partial charge in [0.25, 0.3) is 0 Å². The number of piperazine rings is 1. The monoisotopic (exact) mass is 356 g/mol. The molecule has 0 aromatic carbocycles. The molecule has 24 heavy (non-hydrogen) atoms. The van der Waals surface area contributed by atoms with Crippen molar-refractivity contribution in [2.75, 3.05) is 13.1 Å². The second-order valence-corrected chi connectivity index (χ2v) is 7.96. The SMILES string of the molecule is Cc1nn(C)c(Cl)c1CN1CCN(C(=O)OC(C)(C)C)[C@@H](C)[C@@H]1C. The van der Waals surface area contributed by atoms with Crippen LogP contribution in [0.3, 0.4) is 0 Å². The molecule has 6 nitrogen and oxygen atoms in total. The molecule has 1 aromatic rings. The van der Waals surface area contributed by atoms with Crippen molar-refractivity contribution in [1.82, 2.24) is 19.6 Å². The molecule has 1 amide bonds. The summed E-state index contributed by atoms with van der Waals surface area (Å²) in [5.74, 6) is 0. The van der Waals surface area contributed by atoms with Gasteiger partial charge in [0.2, 0.25) is 0 Å². The van der Waals surface area contributed by atoms with Gasteiger partial charge in [0, 0.05) is 44.3 Å². The highest BCUT2D eigenvalue weighted by molar-refractivity contribution is 6.30. The quantitative estimate of drug-likeness (QED) is 0.816. The van der Waals surface area contributed by atoms with E-state index in [4.69, 9.17) is 16.3 Å². The molecule has 0 aliphatic carbocycles. The van der Waals surface area contributed by atoms with Crippen molar-refractivity contribution >= 4 is 17.7 Å². The van der Waals surface area contributed by atoms with E-state index in [-0.39, 0.29) is 18.2 Å². The lowest BCUT2D eigenvalue weighted by molar-refractivity contribution is -0.0144. The van der Waals surface area contributed by atoms with Crippen LogP contribution in [0.2, 0.25) is 5.15 Å². The fourth-order valence-electron chi connectivity index (χ4n) is 3.07. The van der Waals surface area contributed by atoms with Crippen molar-refractivity contribution < 1.29 is 9.53 Å². The summed E-state index contributed by atoms with van der Waals surface area (Å²) in [6.07, 6.45) is -0.239. The van der Waals surface area contributed by atoms with Crippen LogP contribution in [0.4, 0.5) is 4.79 Å². The summed E-state index contributed by atoms with van der Waals surface area (Å²) < 4.78 is 7.23. The number of rotatable bonds is 2. The summed E-state index contributed by atoms with van der Waals surface area (Å²) in [5.41, 5.74) is 1.54. The average molecular weight is 357 g/mol. The highest BCUT2D eigenvalue weighted by Crippen LogP contribution is 2.25. The normalized spacial score (nSPS) is 22.8. The van der Waals surface area contributed by atoms with Crippen LogP contribution in [0.25, 0.3) is 0 Å². The maximum absolute atomic E-state index is 12.4. The molecule has 0 N–H and O–H groups in total. The highest BCUT2D eigenvalue weighted by Gasteiger charge is 2.36. The Bertz CT molecular complexity index is 608. The van der Waals surface area contributed by atoms with Crippen LogP contribution in [0, 0.1) is 6.92 Å². The van der Waals surface area contributed by atoms with E-state index in [0.717, 1.165) is 24.3 Å². The minimum atomic E-state index is -0.475. The summed E-state index contributed by atoms with van der Waals surface area (Å²) in [4.78, 5) is 16.6. The van der Waals surface area contributed by atoms with Gasteiger partial charge >= 0.3 is 6.09 Å². The molecule has 1 aliphatic rings. The zero-order valence-electron chi connectivity index (χ0n) is 15.8. The zero-order chi connectivity index (χ0) is 18.2. The molecule has 7 heteroatoms. The molecule has 1 saturated heterocycles. The van der Waals surface area contributed by atoms with E-state index in [1.165, 1.54) is 0 Å². The topological polar surface area (TPSA) is 50.6 Å². The summed E-state index contributed by atoms with van der Waals surface area (Å²) in [6.45, 7) is 14.0. The van der Waals surface area contributed by atoms with Gasteiger partial charge in [-0.15, -0.1) is 0 Å². The van der Waals surface area contributed by atoms with E-state index < -0.39 is 5.60 Å². The van der Waals surface area contributed by atoms with Crippen LogP contribution >= 0.6 is 11.6 Å². The van der Waals surface area contributed by atoms with Crippen LogP contribution in [0.1, 0.15) is 45.9 Å². The first-order valence-electron chi connectivity index (χ1n) is 8.43. The van der Waals surface area contributed by atoms with Crippen molar-refractivity contribution in [1.29, 1.82) is 0 Å². The molecular weight excluding hydrogens is 328 g/mol. The Hall–Kier alpha value is -1.27. The molecule has 1 aromatic heterocycles. The number of nitrogens with zero attached hydrogens (tertiary/aromatic N) is 4. The Morgan fingerprint density at radius 3 is 2.42 bits per heavy atom. The van der Waals surface area contributed by atoms with Crippen LogP contribution in [-0.4, -0.2) is 56.4 Å². The molecule has 1 aliphatic heterocycles. The summed E-state index contributed by atoms with van der Waals surface area (Å²) in [5, 5.41) is 5.06. The smallest absolute Gasteiger partial charge is 0.410 e. The van der Waals surface area contributed by atoms with Gasteiger partial charge in [-0.25, -0.2) is 4.79 Å². The van der Waals surface area contributed by atoms with Crippen molar-refractivity contribution in [3.8, 4) is 0 Å². The lowest BCUT2D eigenvalue weighted by atomic mass is 10.0. The number of ether oxygens (including phenoxy) is 1. The molecule has 0 spiro atoms. The maximum atomic E-state index is 12.4. The van der Waals surface area contributed by atoms with Crippen LogP contribution in [0.15, 0.2) is 0 Å². The van der Waals surface area contributed by atoms with Crippen molar-refractivity contribution in [3.05, 3.63) is 16.4 Å². The third kappa shape index (κ3) is 4.03. The van der Waals surface area contributed by atoms with Crippen molar-refractivity contribution in [3.63, 3.8) is 0 Å². The largest absolute Gasteiger partial charge is 0.444 e. The van der Waals surface area contributed by atoms with Crippen LogP contribution in [-0.2, 0) is 18.3 Å². The molecule has 2 rings (SSSR count). The fraction of sp³-hybridized carbons (Fsp3) is 0.765. The second-order valence-electron chi connectivity index (χ2n) is 7.60. The highest BCUT2D eigenvalue weighted by atomic mass is 35.5. The molecule has 0 bridgehead atoms. The van der Waals surface area contributed by atoms with Crippen molar-refractivity contribution in [2.45, 2.75) is 65.8 Å². The minimum Gasteiger partial charge on any atom is -0.444 e. The maximum Gasteiger partial charge on any atom is 0.410 e. The summed E-state index contributed by atoms with van der Waals surface area (Å²) in [6, 6.07) is 0.284. The molecular formula is C17H29ClN4O2. The number of aromatic nitrogens is 2. The van der Waals surface area contributed by atoms with Gasteiger partial charge in [-0.2, -0.15) is 5.10 Å². The molecule has 2 heterocycles. The van der Waals surface area contributed by atoms with Gasteiger partial charge in [-0.1, -0.05) is 11.6 Å². The lowest BCUT2D eigenvalue weighted by Crippen LogP contribution is -2.59. The van der Waals surface area contributed by atoms with Crippen LogP contribution in [0.5, 0.6) is 0 Å². The van der Waals surface area contributed by atoms with Gasteiger partial charge in [0.1, 0.15) is 10.8 Å². The lowest BCUT2D eigenvalue weighted by Gasteiger charge is -2.45. The third-order valence-corrected chi connectivity index (χ3v) is 5.13. The Morgan fingerprint density at radius 1 is 1.29 bits per heavy atom. The zero-order valence-corrected chi connectivity index (χ0v) is 16.5. The van der Waals surface area contributed by atoms with Gasteiger partial charge in [-0.3, -0.25) is 9.58 Å². The number of hydrogen-bond donors (Lipinski definition) is 0. The molecule has 136 valence electrons. The van der Waals surface area contributed by atoms with E-state index in [2.05, 4.69) is 23.8 Å². The Morgan fingerprint density at radius 2 is 1.92 bits per heavy atom. The Labute approximate surface area is 149 Å². The van der Waals surface area contributed by atoms with Gasteiger partial charge in [-0.05, 0) is 41.5 Å². The molecule has 0 saturated carbocycles. The average Bonchev–Trinajstić information content (AvgIpc) is 2.68. The first kappa shape index (κ1) is 19.1. The van der Waals surface area contributed by atoms with E-state index >= 15 is 0 Å². The number of amides is 1. The van der Waals surface area contributed by atoms with E-state index in [1.54, 1.807) is 4.68 Å². The number of aryl methyl sites for hydroxylation is 2. The number of carbonyl (C=O) groups excluding carboxylic acids is 1. The standard InChI is InChI=1S/C17H29ClN4O2/c1-11-14(15(18)20(7)19-11)10-21-8-9-22(13(3)12(21)2)16(23)24-17(4,5)6/h12-13H,8-10H2,1-7H3/t12-,13-/m0/s1.